The number of aliphatic hydroxyl groups excluding tert-OH is 1. The molecule has 1 N–H and O–H groups in total. The molecule has 2 nitrogen and oxygen atoms in total. The van der Waals surface area contributed by atoms with Crippen LogP contribution in [0.4, 0.5) is 0 Å². The number of aryl methyl sites for hydroxylation is 1. The largest absolute Gasteiger partial charge is 0.393 e. The summed E-state index contributed by atoms with van der Waals surface area (Å²) in [5.74, 6) is 0.387. The Morgan fingerprint density at radius 1 is 0.909 bits per heavy atom. The molecule has 0 amide bonds. The van der Waals surface area contributed by atoms with Crippen molar-refractivity contribution >= 4 is 0 Å². The Morgan fingerprint density at radius 3 is 2.23 bits per heavy atom. The van der Waals surface area contributed by atoms with Crippen LogP contribution in [0.2, 0.25) is 0 Å². The maximum absolute atomic E-state index is 10.3. The standard InChI is InChI=1S/C20H25NO/c22-20-13-14-21(15-18-9-5-2-6-10-18)16-19(20)12-11-17-7-3-1-4-8-17/h1-10,19-20,22H,11-16H2/t19-,20-/m1/s1. The predicted octanol–water partition coefficient (Wildman–Crippen LogP) is 3.50. The molecule has 2 aromatic rings. The molecule has 0 bridgehead atoms. The molecule has 2 heteroatoms. The van der Waals surface area contributed by atoms with Crippen molar-refractivity contribution in [1.29, 1.82) is 0 Å². The van der Waals surface area contributed by atoms with Gasteiger partial charge >= 0.3 is 0 Å². The average Bonchev–Trinajstić information content (AvgIpc) is 2.57. The molecule has 2 atom stereocenters. The minimum Gasteiger partial charge on any atom is -0.393 e. The Labute approximate surface area is 133 Å². The summed E-state index contributed by atoms with van der Waals surface area (Å²) in [5.41, 5.74) is 2.73. The number of rotatable bonds is 5. The third kappa shape index (κ3) is 4.19. The molecule has 22 heavy (non-hydrogen) atoms. The highest BCUT2D eigenvalue weighted by molar-refractivity contribution is 5.15. The molecule has 1 aliphatic rings. The van der Waals surface area contributed by atoms with Crippen LogP contribution >= 0.6 is 0 Å². The van der Waals surface area contributed by atoms with Crippen molar-refractivity contribution in [2.24, 2.45) is 5.92 Å². The predicted molar refractivity (Wildman–Crippen MR) is 90.6 cm³/mol. The van der Waals surface area contributed by atoms with E-state index in [1.54, 1.807) is 0 Å². The van der Waals surface area contributed by atoms with E-state index in [0.29, 0.717) is 5.92 Å². The van der Waals surface area contributed by atoms with Gasteiger partial charge in [-0.3, -0.25) is 4.90 Å². The second kappa shape index (κ2) is 7.57. The average molecular weight is 295 g/mol. The lowest BCUT2D eigenvalue weighted by atomic mass is 9.89. The second-order valence-electron chi connectivity index (χ2n) is 6.36. The van der Waals surface area contributed by atoms with Gasteiger partial charge in [-0.2, -0.15) is 0 Å². The quantitative estimate of drug-likeness (QED) is 0.912. The van der Waals surface area contributed by atoms with Gasteiger partial charge in [-0.05, 0) is 36.3 Å². The molecule has 1 aliphatic heterocycles. The molecule has 0 spiro atoms. The van der Waals surface area contributed by atoms with Crippen molar-refractivity contribution in [3.8, 4) is 0 Å². The molecule has 0 aromatic heterocycles. The topological polar surface area (TPSA) is 23.5 Å². The molecule has 0 radical (unpaired) electrons. The highest BCUT2D eigenvalue weighted by Gasteiger charge is 2.27. The summed E-state index contributed by atoms with van der Waals surface area (Å²) in [5, 5.41) is 10.3. The first kappa shape index (κ1) is 15.3. The minimum atomic E-state index is -0.143. The fourth-order valence-electron chi connectivity index (χ4n) is 3.36. The highest BCUT2D eigenvalue weighted by atomic mass is 16.3. The second-order valence-corrected chi connectivity index (χ2v) is 6.36. The molecule has 0 aliphatic carbocycles. The summed E-state index contributed by atoms with van der Waals surface area (Å²) in [4.78, 5) is 2.48. The summed E-state index contributed by atoms with van der Waals surface area (Å²) < 4.78 is 0. The van der Waals surface area contributed by atoms with Gasteiger partial charge in [0.05, 0.1) is 6.10 Å². The number of nitrogens with zero attached hydrogens (tertiary/aromatic N) is 1. The van der Waals surface area contributed by atoms with E-state index in [0.717, 1.165) is 38.9 Å². The summed E-state index contributed by atoms with van der Waals surface area (Å²) in [7, 11) is 0. The number of likely N-dealkylation sites (tertiary alicyclic amines) is 1. The monoisotopic (exact) mass is 295 g/mol. The summed E-state index contributed by atoms with van der Waals surface area (Å²) in [6.07, 6.45) is 2.88. The molecule has 1 saturated heterocycles. The normalized spacial score (nSPS) is 22.6. The van der Waals surface area contributed by atoms with Crippen LogP contribution in [0, 0.1) is 5.92 Å². The van der Waals surface area contributed by atoms with Gasteiger partial charge in [-0.1, -0.05) is 60.7 Å². The zero-order chi connectivity index (χ0) is 15.2. The first-order valence-corrected chi connectivity index (χ1v) is 8.29. The first-order valence-electron chi connectivity index (χ1n) is 8.29. The molecule has 116 valence electrons. The minimum absolute atomic E-state index is 0.143. The van der Waals surface area contributed by atoms with Gasteiger partial charge in [-0.15, -0.1) is 0 Å². The smallest absolute Gasteiger partial charge is 0.0592 e. The Balaban J connectivity index is 1.54. The zero-order valence-electron chi connectivity index (χ0n) is 13.1. The molecular weight excluding hydrogens is 270 g/mol. The molecule has 0 unspecified atom stereocenters. The fraction of sp³-hybridized carbons (Fsp3) is 0.400. The Morgan fingerprint density at radius 2 is 1.55 bits per heavy atom. The molecule has 1 heterocycles. The van der Waals surface area contributed by atoms with Crippen LogP contribution in [-0.2, 0) is 13.0 Å². The van der Waals surface area contributed by atoms with Gasteiger partial charge in [0.1, 0.15) is 0 Å². The highest BCUT2D eigenvalue weighted by Crippen LogP contribution is 2.23. The van der Waals surface area contributed by atoms with Gasteiger partial charge in [0.25, 0.3) is 0 Å². The maximum atomic E-state index is 10.3. The number of piperidine rings is 1. The lowest BCUT2D eigenvalue weighted by Crippen LogP contribution is -2.42. The fourth-order valence-corrected chi connectivity index (χ4v) is 3.36. The summed E-state index contributed by atoms with van der Waals surface area (Å²) >= 11 is 0. The van der Waals surface area contributed by atoms with Crippen LogP contribution in [0.1, 0.15) is 24.0 Å². The van der Waals surface area contributed by atoms with Gasteiger partial charge < -0.3 is 5.11 Å². The Hall–Kier alpha value is -1.64. The molecule has 3 rings (SSSR count). The maximum Gasteiger partial charge on any atom is 0.0592 e. The summed E-state index contributed by atoms with van der Waals surface area (Å²) in [6.45, 7) is 3.00. The van der Waals surface area contributed by atoms with Gasteiger partial charge in [0.2, 0.25) is 0 Å². The number of aliphatic hydroxyl groups is 1. The van der Waals surface area contributed by atoms with Crippen LogP contribution in [-0.4, -0.2) is 29.2 Å². The van der Waals surface area contributed by atoms with E-state index < -0.39 is 0 Å². The third-order valence-electron chi connectivity index (χ3n) is 4.67. The van der Waals surface area contributed by atoms with Gasteiger partial charge in [0, 0.05) is 19.6 Å². The van der Waals surface area contributed by atoms with Crippen LogP contribution in [0.5, 0.6) is 0 Å². The van der Waals surface area contributed by atoms with Gasteiger partial charge in [-0.25, -0.2) is 0 Å². The van der Waals surface area contributed by atoms with Crippen LogP contribution < -0.4 is 0 Å². The number of hydrogen-bond acceptors (Lipinski definition) is 2. The van der Waals surface area contributed by atoms with Crippen molar-refractivity contribution in [2.75, 3.05) is 13.1 Å². The van der Waals surface area contributed by atoms with E-state index >= 15 is 0 Å². The Bertz CT molecular complexity index is 554. The summed E-state index contributed by atoms with van der Waals surface area (Å²) in [6, 6.07) is 21.2. The third-order valence-corrected chi connectivity index (χ3v) is 4.67. The van der Waals surface area contributed by atoms with Gasteiger partial charge in [0.15, 0.2) is 0 Å². The van der Waals surface area contributed by atoms with Crippen LogP contribution in [0.15, 0.2) is 60.7 Å². The van der Waals surface area contributed by atoms with Crippen molar-refractivity contribution in [3.05, 3.63) is 71.8 Å². The molecular formula is C20H25NO. The lowest BCUT2D eigenvalue weighted by Gasteiger charge is -2.36. The zero-order valence-corrected chi connectivity index (χ0v) is 13.1. The van der Waals surface area contributed by atoms with Crippen LogP contribution in [0.25, 0.3) is 0 Å². The van der Waals surface area contributed by atoms with E-state index in [4.69, 9.17) is 0 Å². The SMILES string of the molecule is O[C@@H]1CCN(Cc2ccccc2)C[C@H]1CCc1ccccc1. The molecule has 1 fully saturated rings. The first-order chi connectivity index (χ1) is 10.8. The molecule has 0 saturated carbocycles. The van der Waals surface area contributed by atoms with E-state index in [1.165, 1.54) is 11.1 Å². The van der Waals surface area contributed by atoms with E-state index in [2.05, 4.69) is 65.6 Å². The van der Waals surface area contributed by atoms with E-state index in [1.807, 2.05) is 0 Å². The van der Waals surface area contributed by atoms with E-state index in [-0.39, 0.29) is 6.10 Å². The Kier molecular flexibility index (Phi) is 5.25. The number of benzene rings is 2. The van der Waals surface area contributed by atoms with E-state index in [9.17, 15) is 5.11 Å². The van der Waals surface area contributed by atoms with Crippen molar-refractivity contribution in [1.82, 2.24) is 4.90 Å². The van der Waals surface area contributed by atoms with Crippen molar-refractivity contribution < 1.29 is 5.11 Å². The lowest BCUT2D eigenvalue weighted by molar-refractivity contribution is 0.0202. The van der Waals surface area contributed by atoms with Crippen LogP contribution in [0.3, 0.4) is 0 Å². The molecule has 2 aromatic carbocycles. The van der Waals surface area contributed by atoms with Crippen molar-refractivity contribution in [3.63, 3.8) is 0 Å². The van der Waals surface area contributed by atoms with Crippen molar-refractivity contribution in [2.45, 2.75) is 31.9 Å². The number of hydrogen-bond donors (Lipinski definition) is 1.